The molecule has 7 aliphatic heterocycles. The number of nitrogens with one attached hydrogen (secondary N) is 4. The fraction of sp³-hybridized carbons (Fsp3) is 0.746. The number of nitrogens with two attached hydrogens (primary N) is 2. The van der Waals surface area contributed by atoms with Crippen LogP contribution >= 0.6 is 0 Å². The van der Waals surface area contributed by atoms with E-state index in [0.717, 1.165) is 36.8 Å². The molecule has 0 radical (unpaired) electrons. The Morgan fingerprint density at radius 1 is 0.877 bits per heavy atom. The summed E-state index contributed by atoms with van der Waals surface area (Å²) in [6.07, 6.45) is 2.13. The Morgan fingerprint density at radius 3 is 2.38 bits per heavy atom. The number of fused-ring (bicyclic) bond motifs is 7. The van der Waals surface area contributed by atoms with Crippen molar-refractivity contribution in [3.8, 4) is 0 Å². The number of hydrogen-bond acceptors (Lipinski definition) is 17. The fourth-order valence-corrected chi connectivity index (χ4v) is 12.8. The van der Waals surface area contributed by atoms with E-state index in [1.807, 2.05) is 0 Å². The number of methoxy groups -OCH3 is 1. The topological polar surface area (TPSA) is 309 Å². The average molecular weight is 1140 g/mol. The van der Waals surface area contributed by atoms with Gasteiger partial charge in [-0.3, -0.25) is 14.4 Å². The predicted molar refractivity (Wildman–Crippen MR) is 296 cm³/mol. The van der Waals surface area contributed by atoms with Gasteiger partial charge in [0.25, 0.3) is 0 Å². The lowest BCUT2D eigenvalue weighted by Gasteiger charge is -2.49. The number of benzene rings is 1. The van der Waals surface area contributed by atoms with E-state index in [1.54, 1.807) is 45.2 Å². The molecule has 4 unspecified atom stereocenters. The van der Waals surface area contributed by atoms with Gasteiger partial charge in [-0.1, -0.05) is 46.1 Å². The van der Waals surface area contributed by atoms with Crippen molar-refractivity contribution >= 4 is 35.4 Å². The Hall–Kier alpha value is -4.59. The molecular formula is C59H90N6O16. The minimum Gasteiger partial charge on any atom is -0.445 e. The van der Waals surface area contributed by atoms with Gasteiger partial charge < -0.3 is 85.6 Å². The van der Waals surface area contributed by atoms with E-state index >= 15 is 0 Å². The van der Waals surface area contributed by atoms with Gasteiger partial charge in [0, 0.05) is 63.9 Å². The number of ether oxygens (including phenoxy) is 9. The first-order valence-electron chi connectivity index (χ1n) is 29.4. The predicted octanol–water partition coefficient (Wildman–Crippen LogP) is 4.49. The van der Waals surface area contributed by atoms with Gasteiger partial charge >= 0.3 is 12.1 Å². The number of primary amides is 1. The summed E-state index contributed by atoms with van der Waals surface area (Å²) in [7, 11) is 1.55. The number of urea groups is 1. The van der Waals surface area contributed by atoms with E-state index in [2.05, 4.69) is 48.3 Å². The molecule has 22 heteroatoms. The Morgan fingerprint density at radius 2 is 1.65 bits per heavy atom. The molecule has 5 amide bonds. The lowest BCUT2D eigenvalue weighted by molar-refractivity contribution is -0.299. The van der Waals surface area contributed by atoms with Crippen molar-refractivity contribution in [3.05, 3.63) is 54.1 Å². The molecule has 8 rings (SSSR count). The Kier molecular flexibility index (Phi) is 21.8. The molecule has 22 nitrogen and oxygen atoms in total. The molecule has 0 aliphatic carbocycles. The number of hydrogen-bond donors (Lipinski definition) is 8. The summed E-state index contributed by atoms with van der Waals surface area (Å²) >= 11 is 0. The average Bonchev–Trinajstić information content (AvgIpc) is 3.49. The summed E-state index contributed by atoms with van der Waals surface area (Å²) in [5, 5.41) is 33.2. The number of Topliss-reactive ketones (excluding diaryl/α,β-unsaturated/α-hetero) is 1. The van der Waals surface area contributed by atoms with Crippen LogP contribution in [0, 0.1) is 17.8 Å². The van der Waals surface area contributed by atoms with E-state index in [-0.39, 0.29) is 106 Å². The van der Waals surface area contributed by atoms with E-state index in [0.29, 0.717) is 62.1 Å². The van der Waals surface area contributed by atoms with Crippen LogP contribution in [-0.2, 0) is 63.6 Å². The summed E-state index contributed by atoms with van der Waals surface area (Å²) in [5.41, 5.74) is 14.5. The molecule has 4 bridgehead atoms. The minimum absolute atomic E-state index is 0.0162. The Bertz CT molecular complexity index is 2330. The Labute approximate surface area is 476 Å². The van der Waals surface area contributed by atoms with Crippen LogP contribution in [0.4, 0.5) is 15.3 Å². The van der Waals surface area contributed by atoms with Crippen molar-refractivity contribution < 1.29 is 76.8 Å². The minimum atomic E-state index is -1.01. The number of aliphatic hydroxyl groups is 2. The Balaban J connectivity index is 0.740. The van der Waals surface area contributed by atoms with Gasteiger partial charge in [0.1, 0.15) is 42.8 Å². The third kappa shape index (κ3) is 16.4. The van der Waals surface area contributed by atoms with E-state index in [9.17, 15) is 34.2 Å². The molecule has 81 heavy (non-hydrogen) atoms. The molecule has 1 aromatic carbocycles. The van der Waals surface area contributed by atoms with E-state index in [1.165, 1.54) is 0 Å². The standard InChI is InChI=1S/C59H90N6O16/c1-31(2)49(60)56(70)65-44(9-8-22-62-57(61)71)55(69)64-38-12-10-36(11-13-38)29-75-58(72)63-28-40(67)27-48-51(73-7)37(30-74-48)25-39(66)26-42-15-17-46-53(78-42)54-50(68)52(79-46)47-19-21-59(80-47,81-54)20-18-43-24-33(4)45(77-43)16-14-41-23-32(3)34(5)35(6)76-41/h10-13,31-32,35,37,40-54,67-68H,4-5,8-9,14-30,60H2,1-3,6-7H3,(H,63,72)(H,64,69)(H,65,70)(H3,61,62,71)/t32-,35-,37+,40+,41+,42-,43+,44+,45+,46+,47+,48-,49+,50?,51-,52?,53?,54?,59+/m1/s1. The van der Waals surface area contributed by atoms with Gasteiger partial charge in [-0.15, -0.1) is 0 Å². The quantitative estimate of drug-likeness (QED) is 0.0468. The maximum Gasteiger partial charge on any atom is 0.407 e. The molecule has 452 valence electrons. The second kappa shape index (κ2) is 28.3. The number of aliphatic hydroxyl groups excluding tert-OH is 2. The van der Waals surface area contributed by atoms with Crippen LogP contribution in [0.5, 0.6) is 0 Å². The van der Waals surface area contributed by atoms with Crippen molar-refractivity contribution in [1.29, 1.82) is 0 Å². The second-order valence-electron chi connectivity index (χ2n) is 24.0. The van der Waals surface area contributed by atoms with Crippen LogP contribution in [-0.4, -0.2) is 170 Å². The number of anilines is 1. The summed E-state index contributed by atoms with van der Waals surface area (Å²) < 4.78 is 56.8. The first-order chi connectivity index (χ1) is 38.7. The van der Waals surface area contributed by atoms with Crippen molar-refractivity contribution in [2.24, 2.45) is 29.2 Å². The lowest BCUT2D eigenvalue weighted by Crippen LogP contribution is -2.63. The van der Waals surface area contributed by atoms with Gasteiger partial charge in [-0.05, 0) is 112 Å². The van der Waals surface area contributed by atoms with Crippen molar-refractivity contribution in [2.45, 2.75) is 234 Å². The van der Waals surface area contributed by atoms with Gasteiger partial charge in [0.15, 0.2) is 5.79 Å². The highest BCUT2D eigenvalue weighted by molar-refractivity contribution is 5.97. The normalized spacial score (nSPS) is 34.6. The molecule has 7 heterocycles. The molecule has 0 aromatic heterocycles. The maximum atomic E-state index is 13.8. The molecule has 7 saturated heterocycles. The van der Waals surface area contributed by atoms with Crippen molar-refractivity contribution in [3.63, 3.8) is 0 Å². The monoisotopic (exact) mass is 1140 g/mol. The number of carbonyl (C=O) groups excluding carboxylic acids is 5. The maximum absolute atomic E-state index is 13.8. The van der Waals surface area contributed by atoms with Gasteiger partial charge in [-0.2, -0.15) is 0 Å². The third-order valence-corrected chi connectivity index (χ3v) is 17.6. The van der Waals surface area contributed by atoms with Crippen LogP contribution in [0.25, 0.3) is 0 Å². The van der Waals surface area contributed by atoms with E-state index < -0.39 is 90.6 Å². The number of ketones is 1. The smallest absolute Gasteiger partial charge is 0.407 e. The zero-order chi connectivity index (χ0) is 58.1. The molecule has 1 aromatic rings. The highest BCUT2D eigenvalue weighted by Gasteiger charge is 2.60. The third-order valence-electron chi connectivity index (χ3n) is 17.6. The van der Waals surface area contributed by atoms with Crippen LogP contribution in [0.3, 0.4) is 0 Å². The molecule has 7 fully saturated rings. The summed E-state index contributed by atoms with van der Waals surface area (Å²) in [5.74, 6) is -1.88. The zero-order valence-corrected chi connectivity index (χ0v) is 47.9. The van der Waals surface area contributed by atoms with Crippen LogP contribution in [0.2, 0.25) is 0 Å². The zero-order valence-electron chi connectivity index (χ0n) is 47.9. The van der Waals surface area contributed by atoms with Gasteiger partial charge in [0.2, 0.25) is 11.8 Å². The highest BCUT2D eigenvalue weighted by Crippen LogP contribution is 2.49. The van der Waals surface area contributed by atoms with Gasteiger partial charge in [-0.25, -0.2) is 9.59 Å². The van der Waals surface area contributed by atoms with Crippen LogP contribution < -0.4 is 32.7 Å². The summed E-state index contributed by atoms with van der Waals surface area (Å²) in [6.45, 7) is 16.7. The molecule has 7 aliphatic rings. The van der Waals surface area contributed by atoms with Crippen molar-refractivity contribution in [1.82, 2.24) is 16.0 Å². The first kappa shape index (κ1) is 62.5. The highest BCUT2D eigenvalue weighted by atomic mass is 16.7. The number of carbonyl (C=O) groups is 5. The molecule has 0 spiro atoms. The molecule has 19 atom stereocenters. The lowest BCUT2D eigenvalue weighted by atomic mass is 9.85. The van der Waals surface area contributed by atoms with Gasteiger partial charge in [0.05, 0.1) is 73.7 Å². The second-order valence-corrected chi connectivity index (χ2v) is 24.0. The number of alkyl carbamates (subject to hydrolysis) is 1. The fourth-order valence-electron chi connectivity index (χ4n) is 12.8. The van der Waals surface area contributed by atoms with Crippen LogP contribution in [0.15, 0.2) is 48.6 Å². The molecule has 10 N–H and O–H groups in total. The largest absolute Gasteiger partial charge is 0.445 e. The molecule has 0 saturated carbocycles. The van der Waals surface area contributed by atoms with E-state index in [4.69, 9.17) is 54.1 Å². The van der Waals surface area contributed by atoms with Crippen molar-refractivity contribution in [2.75, 3.05) is 32.1 Å². The number of amides is 5. The SMILES string of the molecule is C=C1C[C@H](CC[C@]23CC[C@H](O2)C2O[C@H]4CC[C@H](CC(=O)C[C@H]5CO[C@H](C[C@H](O)CNC(=O)OCc6ccc(NC(=O)[C@H](CCCNC(N)=O)NC(=O)[C@@H](N)C(C)C)cc6)[C@@H]5OC)OC4C(O3)C2O)O[C@H]1CC[C@H]1C[C@@H](C)C(=C)[C@@H](C)O1. The first-order valence-corrected chi connectivity index (χ1v) is 29.4. The molecular weight excluding hydrogens is 1050 g/mol. The number of rotatable bonds is 26. The van der Waals surface area contributed by atoms with Crippen LogP contribution in [0.1, 0.15) is 130 Å². The summed E-state index contributed by atoms with van der Waals surface area (Å²) in [4.78, 5) is 63.4. The summed E-state index contributed by atoms with van der Waals surface area (Å²) in [6, 6.07) is 4.13.